The summed E-state index contributed by atoms with van der Waals surface area (Å²) in [4.78, 5) is 0. The zero-order valence-electron chi connectivity index (χ0n) is 7.42. The van der Waals surface area contributed by atoms with Gasteiger partial charge in [0.1, 0.15) is 0 Å². The molecule has 1 aromatic rings. The van der Waals surface area contributed by atoms with E-state index in [9.17, 15) is 0 Å². The number of ether oxygens (including phenoxy) is 1. The molecule has 0 spiro atoms. The van der Waals surface area contributed by atoms with Gasteiger partial charge in [0.15, 0.2) is 0 Å². The summed E-state index contributed by atoms with van der Waals surface area (Å²) >= 11 is 0. The van der Waals surface area contributed by atoms with E-state index in [1.165, 1.54) is 24.0 Å². The van der Waals surface area contributed by atoms with Crippen LogP contribution in [0.3, 0.4) is 0 Å². The third-order valence-electron chi connectivity index (χ3n) is 2.34. The molecule has 1 fully saturated rings. The van der Waals surface area contributed by atoms with Crippen LogP contribution in [0, 0.1) is 6.92 Å². The van der Waals surface area contributed by atoms with Crippen molar-refractivity contribution >= 4 is 0 Å². The maximum atomic E-state index is 5.59. The Kier molecular flexibility index (Phi) is 2.13. The lowest BCUT2D eigenvalue weighted by atomic mass is 10.0. The summed E-state index contributed by atoms with van der Waals surface area (Å²) in [5.41, 5.74) is 2.66. The minimum absolute atomic E-state index is 0.366. The Morgan fingerprint density at radius 1 is 1.42 bits per heavy atom. The van der Waals surface area contributed by atoms with Gasteiger partial charge < -0.3 is 4.74 Å². The van der Waals surface area contributed by atoms with Gasteiger partial charge in [0.25, 0.3) is 0 Å². The van der Waals surface area contributed by atoms with Crippen LogP contribution in [0.1, 0.15) is 30.1 Å². The summed E-state index contributed by atoms with van der Waals surface area (Å²) in [6.07, 6.45) is 2.76. The van der Waals surface area contributed by atoms with Crippen molar-refractivity contribution < 1.29 is 4.74 Å². The van der Waals surface area contributed by atoms with Gasteiger partial charge in [0, 0.05) is 6.61 Å². The van der Waals surface area contributed by atoms with Crippen molar-refractivity contribution in [3.63, 3.8) is 0 Å². The summed E-state index contributed by atoms with van der Waals surface area (Å²) < 4.78 is 5.59. The van der Waals surface area contributed by atoms with Crippen LogP contribution in [0.5, 0.6) is 0 Å². The molecule has 1 saturated heterocycles. The summed E-state index contributed by atoms with van der Waals surface area (Å²) in [6.45, 7) is 3.05. The Hall–Kier alpha value is -0.820. The highest BCUT2D eigenvalue weighted by Gasteiger charge is 2.16. The monoisotopic (exact) mass is 162 g/mol. The van der Waals surface area contributed by atoms with E-state index in [0.717, 1.165) is 6.61 Å². The SMILES string of the molecule is Cc1cccc(C2CCCO2)c1. The predicted molar refractivity (Wildman–Crippen MR) is 49.1 cm³/mol. The molecule has 1 heteroatoms. The van der Waals surface area contributed by atoms with Crippen molar-refractivity contribution in [1.82, 2.24) is 0 Å². The van der Waals surface area contributed by atoms with Gasteiger partial charge in [0.2, 0.25) is 0 Å². The molecule has 0 saturated carbocycles. The molecule has 1 aliphatic heterocycles. The first-order valence-electron chi connectivity index (χ1n) is 4.54. The fourth-order valence-electron chi connectivity index (χ4n) is 1.71. The first-order valence-corrected chi connectivity index (χ1v) is 4.54. The van der Waals surface area contributed by atoms with Gasteiger partial charge in [-0.3, -0.25) is 0 Å². The van der Waals surface area contributed by atoms with Crippen LogP contribution >= 0.6 is 0 Å². The fraction of sp³-hybridized carbons (Fsp3) is 0.455. The highest BCUT2D eigenvalue weighted by atomic mass is 16.5. The Labute approximate surface area is 73.4 Å². The van der Waals surface area contributed by atoms with Gasteiger partial charge >= 0.3 is 0 Å². The topological polar surface area (TPSA) is 9.23 Å². The zero-order chi connectivity index (χ0) is 8.39. The van der Waals surface area contributed by atoms with E-state index in [-0.39, 0.29) is 0 Å². The van der Waals surface area contributed by atoms with Crippen LogP contribution in [-0.4, -0.2) is 6.61 Å². The fourth-order valence-corrected chi connectivity index (χ4v) is 1.71. The minimum Gasteiger partial charge on any atom is -0.374 e. The van der Waals surface area contributed by atoms with Crippen LogP contribution in [0.2, 0.25) is 0 Å². The second-order valence-corrected chi connectivity index (χ2v) is 3.42. The number of benzene rings is 1. The molecular formula is C11H14O. The minimum atomic E-state index is 0.366. The molecule has 0 aromatic heterocycles. The normalized spacial score (nSPS) is 22.9. The lowest BCUT2D eigenvalue weighted by molar-refractivity contribution is 0.112. The molecular weight excluding hydrogens is 148 g/mol. The second kappa shape index (κ2) is 3.28. The Morgan fingerprint density at radius 3 is 3.00 bits per heavy atom. The molecule has 0 aliphatic carbocycles. The number of hydrogen-bond donors (Lipinski definition) is 0. The smallest absolute Gasteiger partial charge is 0.0825 e. The lowest BCUT2D eigenvalue weighted by Crippen LogP contribution is -1.95. The molecule has 2 rings (SSSR count). The van der Waals surface area contributed by atoms with Crippen LogP contribution in [-0.2, 0) is 4.74 Å². The van der Waals surface area contributed by atoms with Gasteiger partial charge in [-0.2, -0.15) is 0 Å². The summed E-state index contributed by atoms with van der Waals surface area (Å²) in [6, 6.07) is 8.60. The number of rotatable bonds is 1. The summed E-state index contributed by atoms with van der Waals surface area (Å²) in [5.74, 6) is 0. The van der Waals surface area contributed by atoms with Gasteiger partial charge in [-0.1, -0.05) is 29.8 Å². The summed E-state index contributed by atoms with van der Waals surface area (Å²) in [7, 11) is 0. The highest BCUT2D eigenvalue weighted by molar-refractivity contribution is 5.24. The first-order chi connectivity index (χ1) is 5.86. The third kappa shape index (κ3) is 1.51. The van der Waals surface area contributed by atoms with Gasteiger partial charge in [-0.05, 0) is 25.3 Å². The molecule has 1 atom stereocenters. The standard InChI is InChI=1S/C11H14O/c1-9-4-2-5-10(8-9)11-6-3-7-12-11/h2,4-5,8,11H,3,6-7H2,1H3. The molecule has 1 aliphatic rings. The molecule has 0 radical (unpaired) electrons. The van der Waals surface area contributed by atoms with Crippen LogP contribution in [0.25, 0.3) is 0 Å². The van der Waals surface area contributed by atoms with Crippen molar-refractivity contribution in [2.45, 2.75) is 25.9 Å². The highest BCUT2D eigenvalue weighted by Crippen LogP contribution is 2.28. The number of aryl methyl sites for hydroxylation is 1. The van der Waals surface area contributed by atoms with Crippen LogP contribution in [0.4, 0.5) is 0 Å². The van der Waals surface area contributed by atoms with Crippen molar-refractivity contribution in [3.05, 3.63) is 35.4 Å². The molecule has 1 aromatic carbocycles. The van der Waals surface area contributed by atoms with E-state index >= 15 is 0 Å². The lowest BCUT2D eigenvalue weighted by Gasteiger charge is -2.09. The van der Waals surface area contributed by atoms with E-state index in [4.69, 9.17) is 4.74 Å². The van der Waals surface area contributed by atoms with Gasteiger partial charge in [-0.15, -0.1) is 0 Å². The Morgan fingerprint density at radius 2 is 2.33 bits per heavy atom. The summed E-state index contributed by atoms with van der Waals surface area (Å²) in [5, 5.41) is 0. The maximum absolute atomic E-state index is 5.59. The molecule has 0 amide bonds. The van der Waals surface area contributed by atoms with Crippen molar-refractivity contribution in [3.8, 4) is 0 Å². The van der Waals surface area contributed by atoms with Crippen LogP contribution in [0.15, 0.2) is 24.3 Å². The molecule has 1 nitrogen and oxygen atoms in total. The first kappa shape index (κ1) is 7.81. The van der Waals surface area contributed by atoms with Gasteiger partial charge in [-0.25, -0.2) is 0 Å². The molecule has 1 heterocycles. The largest absolute Gasteiger partial charge is 0.374 e. The third-order valence-corrected chi connectivity index (χ3v) is 2.34. The Bertz CT molecular complexity index is 261. The van der Waals surface area contributed by atoms with E-state index in [0.29, 0.717) is 6.10 Å². The number of hydrogen-bond acceptors (Lipinski definition) is 1. The van der Waals surface area contributed by atoms with E-state index in [1.807, 2.05) is 0 Å². The quantitative estimate of drug-likeness (QED) is 0.617. The average Bonchev–Trinajstić information content (AvgIpc) is 2.56. The van der Waals surface area contributed by atoms with Crippen LogP contribution < -0.4 is 0 Å². The van der Waals surface area contributed by atoms with E-state index < -0.39 is 0 Å². The Balaban J connectivity index is 2.21. The maximum Gasteiger partial charge on any atom is 0.0825 e. The zero-order valence-corrected chi connectivity index (χ0v) is 7.42. The van der Waals surface area contributed by atoms with Crippen molar-refractivity contribution in [2.24, 2.45) is 0 Å². The molecule has 0 bridgehead atoms. The van der Waals surface area contributed by atoms with Crippen molar-refractivity contribution in [1.29, 1.82) is 0 Å². The van der Waals surface area contributed by atoms with E-state index in [2.05, 4.69) is 31.2 Å². The van der Waals surface area contributed by atoms with Gasteiger partial charge in [0.05, 0.1) is 6.10 Å². The molecule has 64 valence electrons. The second-order valence-electron chi connectivity index (χ2n) is 3.42. The molecule has 1 unspecified atom stereocenters. The predicted octanol–water partition coefficient (Wildman–Crippen LogP) is 2.85. The molecule has 12 heavy (non-hydrogen) atoms. The van der Waals surface area contributed by atoms with Crippen molar-refractivity contribution in [2.75, 3.05) is 6.61 Å². The van der Waals surface area contributed by atoms with E-state index in [1.54, 1.807) is 0 Å². The molecule has 0 N–H and O–H groups in total. The average molecular weight is 162 g/mol.